The van der Waals surface area contributed by atoms with Gasteiger partial charge in [-0.25, -0.2) is 14.4 Å². The van der Waals surface area contributed by atoms with Gasteiger partial charge in [0.15, 0.2) is 11.6 Å². The standard InChI is InChI=1S/C29H32FN7O2/c1-19-14-32-27(35-25(19)20-3-4-24(23(30)13-20)39-18-29(17-31)9-10-29)34-21-15-33-37(16-21)22-5-11-36(12-6-22)26(38)28(2)7-8-28/h3-4,13-16,22H,5-12,18H2,1-2H3,(H,32,34,35). The second-order valence-corrected chi connectivity index (χ2v) is 11.5. The summed E-state index contributed by atoms with van der Waals surface area (Å²) >= 11 is 0. The maximum atomic E-state index is 14.8. The molecule has 1 aromatic carbocycles. The normalized spacial score (nSPS) is 19.3. The van der Waals surface area contributed by atoms with Crippen LogP contribution < -0.4 is 10.1 Å². The number of piperidine rings is 1. The molecular formula is C29H32FN7O2. The number of anilines is 2. The molecule has 2 aromatic heterocycles. The molecule has 0 bridgehead atoms. The lowest BCUT2D eigenvalue weighted by atomic mass is 10.0. The van der Waals surface area contributed by atoms with E-state index in [0.717, 1.165) is 62.9 Å². The summed E-state index contributed by atoms with van der Waals surface area (Å²) in [6, 6.07) is 7.24. The molecule has 2 saturated carbocycles. The molecule has 3 aliphatic rings. The summed E-state index contributed by atoms with van der Waals surface area (Å²) in [6.45, 7) is 5.65. The highest BCUT2D eigenvalue weighted by Gasteiger charge is 2.47. The van der Waals surface area contributed by atoms with E-state index in [-0.39, 0.29) is 23.8 Å². The number of hydrogen-bond acceptors (Lipinski definition) is 7. The molecule has 1 saturated heterocycles. The van der Waals surface area contributed by atoms with Crippen molar-refractivity contribution in [2.75, 3.05) is 25.0 Å². The van der Waals surface area contributed by atoms with Crippen LogP contribution in [-0.4, -0.2) is 50.3 Å². The van der Waals surface area contributed by atoms with Gasteiger partial charge in [0.1, 0.15) is 6.61 Å². The third kappa shape index (κ3) is 5.18. The van der Waals surface area contributed by atoms with Crippen LogP contribution in [0.4, 0.5) is 16.0 Å². The van der Waals surface area contributed by atoms with E-state index in [1.807, 2.05) is 22.7 Å². The Morgan fingerprint density at radius 1 is 1.23 bits per heavy atom. The van der Waals surface area contributed by atoms with Gasteiger partial charge in [0.05, 0.1) is 35.1 Å². The molecule has 9 nitrogen and oxygen atoms in total. The van der Waals surface area contributed by atoms with E-state index in [1.165, 1.54) is 6.07 Å². The van der Waals surface area contributed by atoms with Gasteiger partial charge in [0, 0.05) is 36.5 Å². The van der Waals surface area contributed by atoms with Gasteiger partial charge < -0.3 is 15.0 Å². The van der Waals surface area contributed by atoms with Crippen molar-refractivity contribution in [2.24, 2.45) is 10.8 Å². The second-order valence-electron chi connectivity index (χ2n) is 11.5. The zero-order valence-corrected chi connectivity index (χ0v) is 22.3. The van der Waals surface area contributed by atoms with Crippen LogP contribution >= 0.6 is 0 Å². The van der Waals surface area contributed by atoms with Gasteiger partial charge in [0.25, 0.3) is 0 Å². The summed E-state index contributed by atoms with van der Waals surface area (Å²) in [7, 11) is 0. The average molecular weight is 530 g/mol. The van der Waals surface area contributed by atoms with Crippen molar-refractivity contribution in [2.45, 2.75) is 58.4 Å². The molecule has 0 spiro atoms. The first-order chi connectivity index (χ1) is 18.8. The summed E-state index contributed by atoms with van der Waals surface area (Å²) in [5.74, 6) is 0.325. The van der Waals surface area contributed by atoms with E-state index in [2.05, 4.69) is 33.4 Å². The number of likely N-dealkylation sites (tertiary alicyclic amines) is 1. The largest absolute Gasteiger partial charge is 0.489 e. The predicted octanol–water partition coefficient (Wildman–Crippen LogP) is 5.18. The fourth-order valence-corrected chi connectivity index (χ4v) is 5.06. The van der Waals surface area contributed by atoms with E-state index in [1.54, 1.807) is 24.5 Å². The Balaban J connectivity index is 1.10. The van der Waals surface area contributed by atoms with Crippen molar-refractivity contribution in [3.8, 4) is 23.1 Å². The number of aryl methyl sites for hydroxylation is 1. The highest BCUT2D eigenvalue weighted by atomic mass is 19.1. The van der Waals surface area contributed by atoms with Crippen molar-refractivity contribution in [3.63, 3.8) is 0 Å². The maximum Gasteiger partial charge on any atom is 0.228 e. The topological polar surface area (TPSA) is 109 Å². The van der Waals surface area contributed by atoms with Crippen LogP contribution in [0.15, 0.2) is 36.8 Å². The van der Waals surface area contributed by atoms with Crippen LogP contribution in [-0.2, 0) is 4.79 Å². The molecule has 2 aliphatic carbocycles. The number of rotatable bonds is 8. The van der Waals surface area contributed by atoms with Gasteiger partial charge >= 0.3 is 0 Å². The summed E-state index contributed by atoms with van der Waals surface area (Å²) in [6.07, 6.45) is 10.7. The van der Waals surface area contributed by atoms with E-state index in [0.29, 0.717) is 23.1 Å². The van der Waals surface area contributed by atoms with Gasteiger partial charge in [-0.05, 0) is 69.2 Å². The summed E-state index contributed by atoms with van der Waals surface area (Å²) in [5.41, 5.74) is 2.21. The number of aromatic nitrogens is 4. The highest BCUT2D eigenvalue weighted by molar-refractivity contribution is 5.85. The smallest absolute Gasteiger partial charge is 0.228 e. The molecule has 3 heterocycles. The third-order valence-corrected chi connectivity index (χ3v) is 8.27. The fraction of sp³-hybridized carbons (Fsp3) is 0.483. The quantitative estimate of drug-likeness (QED) is 0.428. The fourth-order valence-electron chi connectivity index (χ4n) is 5.06. The Bertz CT molecular complexity index is 1450. The minimum atomic E-state index is -0.492. The number of nitrogens with one attached hydrogen (secondary N) is 1. The molecule has 10 heteroatoms. The van der Waals surface area contributed by atoms with Crippen LogP contribution in [0.5, 0.6) is 5.75 Å². The van der Waals surface area contributed by atoms with Crippen LogP contribution in [0.2, 0.25) is 0 Å². The van der Waals surface area contributed by atoms with Gasteiger partial charge in [-0.15, -0.1) is 0 Å². The minimum absolute atomic E-state index is 0.123. The number of carbonyl (C=O) groups excluding carboxylic acids is 1. The number of carbonyl (C=O) groups is 1. The highest BCUT2D eigenvalue weighted by Crippen LogP contribution is 2.47. The van der Waals surface area contributed by atoms with E-state index in [9.17, 15) is 14.4 Å². The molecule has 39 heavy (non-hydrogen) atoms. The second kappa shape index (κ2) is 9.63. The summed E-state index contributed by atoms with van der Waals surface area (Å²) in [4.78, 5) is 23.7. The lowest BCUT2D eigenvalue weighted by Crippen LogP contribution is -2.42. The molecule has 1 aliphatic heterocycles. The first-order valence-electron chi connectivity index (χ1n) is 13.6. The van der Waals surface area contributed by atoms with Crippen molar-refractivity contribution in [1.82, 2.24) is 24.6 Å². The Morgan fingerprint density at radius 2 is 2.00 bits per heavy atom. The van der Waals surface area contributed by atoms with E-state index >= 15 is 0 Å². The third-order valence-electron chi connectivity index (χ3n) is 8.27. The molecule has 3 aromatic rings. The zero-order valence-electron chi connectivity index (χ0n) is 22.3. The van der Waals surface area contributed by atoms with E-state index in [4.69, 9.17) is 4.74 Å². The molecule has 3 fully saturated rings. The van der Waals surface area contributed by atoms with Gasteiger partial charge in [-0.1, -0.05) is 6.92 Å². The number of amides is 1. The monoisotopic (exact) mass is 529 g/mol. The molecule has 0 radical (unpaired) electrons. The van der Waals surface area contributed by atoms with Crippen LogP contribution in [0.25, 0.3) is 11.3 Å². The van der Waals surface area contributed by atoms with Crippen molar-refractivity contribution < 1.29 is 13.9 Å². The van der Waals surface area contributed by atoms with E-state index < -0.39 is 11.2 Å². The first-order valence-corrected chi connectivity index (χ1v) is 13.6. The SMILES string of the molecule is Cc1cnc(Nc2cnn(C3CCN(C(=O)C4(C)CC4)CC3)c2)nc1-c1ccc(OCC2(C#N)CC2)c(F)c1. The molecule has 1 N–H and O–H groups in total. The summed E-state index contributed by atoms with van der Waals surface area (Å²) in [5, 5.41) is 17.0. The van der Waals surface area contributed by atoms with Crippen molar-refractivity contribution >= 4 is 17.5 Å². The Kier molecular flexibility index (Phi) is 6.25. The summed E-state index contributed by atoms with van der Waals surface area (Å²) < 4.78 is 22.4. The van der Waals surface area contributed by atoms with Crippen LogP contribution in [0.3, 0.4) is 0 Å². The zero-order chi connectivity index (χ0) is 27.2. The minimum Gasteiger partial charge on any atom is -0.489 e. The number of halogens is 1. The lowest BCUT2D eigenvalue weighted by molar-refractivity contribution is -0.137. The Labute approximate surface area is 227 Å². The maximum absolute atomic E-state index is 14.8. The lowest BCUT2D eigenvalue weighted by Gasteiger charge is -2.33. The van der Waals surface area contributed by atoms with Crippen LogP contribution in [0, 0.1) is 34.9 Å². The first kappa shape index (κ1) is 25.3. The number of nitrogens with zero attached hydrogens (tertiary/aromatic N) is 6. The predicted molar refractivity (Wildman–Crippen MR) is 143 cm³/mol. The Morgan fingerprint density at radius 3 is 2.67 bits per heavy atom. The molecular weight excluding hydrogens is 497 g/mol. The molecule has 1 amide bonds. The van der Waals surface area contributed by atoms with Gasteiger partial charge in [-0.3, -0.25) is 9.48 Å². The van der Waals surface area contributed by atoms with Crippen molar-refractivity contribution in [3.05, 3.63) is 48.2 Å². The molecule has 202 valence electrons. The number of hydrogen-bond donors (Lipinski definition) is 1. The number of ether oxygens (including phenoxy) is 1. The van der Waals surface area contributed by atoms with Gasteiger partial charge in [-0.2, -0.15) is 10.4 Å². The molecule has 6 rings (SSSR count). The number of benzene rings is 1. The van der Waals surface area contributed by atoms with Crippen LogP contribution in [0.1, 0.15) is 57.1 Å². The number of nitriles is 1. The molecule has 0 atom stereocenters. The van der Waals surface area contributed by atoms with Crippen molar-refractivity contribution in [1.29, 1.82) is 5.26 Å². The molecule has 0 unspecified atom stereocenters. The Hall–Kier alpha value is -4.00. The average Bonchev–Trinajstić information content (AvgIpc) is 3.86. The van der Waals surface area contributed by atoms with Gasteiger partial charge in [0.2, 0.25) is 11.9 Å².